The summed E-state index contributed by atoms with van der Waals surface area (Å²) < 4.78 is 17.3. The van der Waals surface area contributed by atoms with E-state index in [-0.39, 0.29) is 6.10 Å². The molecule has 2 fully saturated rings. The number of hydrogen-bond acceptors (Lipinski definition) is 10. The van der Waals surface area contributed by atoms with Gasteiger partial charge in [0, 0.05) is 49.5 Å². The molecule has 4 aromatic rings. The first-order valence-corrected chi connectivity index (χ1v) is 12.0. The van der Waals surface area contributed by atoms with Crippen LogP contribution in [0.15, 0.2) is 53.7 Å². The zero-order valence-electron chi connectivity index (χ0n) is 19.3. The third-order valence-corrected chi connectivity index (χ3v) is 6.59. The Morgan fingerprint density at radius 2 is 1.83 bits per heavy atom. The van der Waals surface area contributed by atoms with Gasteiger partial charge >= 0.3 is 0 Å². The van der Waals surface area contributed by atoms with E-state index in [4.69, 9.17) is 13.9 Å². The minimum Gasteiger partial charge on any atom is -0.488 e. The van der Waals surface area contributed by atoms with Crippen LogP contribution in [0, 0.1) is 0 Å². The van der Waals surface area contributed by atoms with Crippen molar-refractivity contribution in [2.75, 3.05) is 36.5 Å². The maximum Gasteiger partial charge on any atom is 0.248 e. The molecule has 0 amide bonds. The van der Waals surface area contributed by atoms with Crippen LogP contribution in [-0.4, -0.2) is 63.6 Å². The molecule has 1 aliphatic heterocycles. The molecule has 1 saturated carbocycles. The molecule has 1 saturated heterocycles. The van der Waals surface area contributed by atoms with Crippen molar-refractivity contribution in [2.45, 2.75) is 37.8 Å². The smallest absolute Gasteiger partial charge is 0.248 e. The highest BCUT2D eigenvalue weighted by Gasteiger charge is 2.24. The zero-order valence-corrected chi connectivity index (χ0v) is 19.3. The highest BCUT2D eigenvalue weighted by atomic mass is 16.5. The second-order valence-electron chi connectivity index (χ2n) is 8.88. The lowest BCUT2D eigenvalue weighted by Crippen LogP contribution is -2.36. The van der Waals surface area contributed by atoms with Gasteiger partial charge in [0.2, 0.25) is 12.3 Å². The van der Waals surface area contributed by atoms with Crippen LogP contribution in [0.25, 0.3) is 22.5 Å². The Morgan fingerprint density at radius 1 is 0.971 bits per heavy atom. The van der Waals surface area contributed by atoms with Gasteiger partial charge in [0.15, 0.2) is 0 Å². The number of morpholine rings is 1. The van der Waals surface area contributed by atoms with Crippen molar-refractivity contribution in [1.82, 2.24) is 25.1 Å². The SMILES string of the molecule is c1cnc2c(OC3CCC(Nc4ccc(-c5nnco5)cn4)CC3)cc(N3CCOCC3)cc2n1. The summed E-state index contributed by atoms with van der Waals surface area (Å²) in [4.78, 5) is 15.9. The first-order chi connectivity index (χ1) is 17.3. The standard InChI is InChI=1S/C25H27N7O3/c1-6-23(28-15-17(1)25-31-29-16-34-25)30-18-2-4-20(5-3-18)35-22-14-19(32-9-11-33-12-10-32)13-21-24(22)27-8-7-26-21/h1,6-8,13-16,18,20H,2-5,9-12H2,(H,28,30). The van der Waals surface area contributed by atoms with Crippen molar-refractivity contribution in [2.24, 2.45) is 0 Å². The van der Waals surface area contributed by atoms with E-state index in [2.05, 4.69) is 47.5 Å². The normalized spacial score (nSPS) is 20.6. The molecule has 3 aromatic heterocycles. The van der Waals surface area contributed by atoms with Gasteiger partial charge in [-0.25, -0.2) is 9.97 Å². The third kappa shape index (κ3) is 4.88. The molecule has 2 aliphatic rings. The summed E-state index contributed by atoms with van der Waals surface area (Å²) in [7, 11) is 0. The Hall–Kier alpha value is -3.79. The Bertz CT molecular complexity index is 1250. The average Bonchev–Trinajstić information content (AvgIpc) is 3.46. The topological polar surface area (TPSA) is 111 Å². The fourth-order valence-electron chi connectivity index (χ4n) is 4.74. The average molecular weight is 474 g/mol. The Labute approximate surface area is 202 Å². The van der Waals surface area contributed by atoms with Gasteiger partial charge in [0.25, 0.3) is 0 Å². The van der Waals surface area contributed by atoms with Gasteiger partial charge in [-0.2, -0.15) is 0 Å². The molecule has 1 N–H and O–H groups in total. The summed E-state index contributed by atoms with van der Waals surface area (Å²) >= 11 is 0. The number of nitrogens with one attached hydrogen (secondary N) is 1. The fraction of sp³-hybridized carbons (Fsp3) is 0.400. The van der Waals surface area contributed by atoms with E-state index in [0.717, 1.165) is 85.8 Å². The van der Waals surface area contributed by atoms with Crippen molar-refractivity contribution in [1.29, 1.82) is 0 Å². The molecule has 6 rings (SSSR count). The van der Waals surface area contributed by atoms with E-state index >= 15 is 0 Å². The number of pyridine rings is 1. The number of aromatic nitrogens is 5. The van der Waals surface area contributed by atoms with Crippen molar-refractivity contribution in [3.8, 4) is 17.2 Å². The summed E-state index contributed by atoms with van der Waals surface area (Å²) in [6.07, 6.45) is 10.6. The summed E-state index contributed by atoms with van der Waals surface area (Å²) in [5.74, 6) is 2.13. The van der Waals surface area contributed by atoms with Crippen LogP contribution in [-0.2, 0) is 4.74 Å². The monoisotopic (exact) mass is 473 g/mol. The summed E-state index contributed by atoms with van der Waals surface area (Å²) in [6.45, 7) is 3.21. The molecule has 180 valence electrons. The van der Waals surface area contributed by atoms with Crippen molar-refractivity contribution < 1.29 is 13.9 Å². The molecule has 4 heterocycles. The number of fused-ring (bicyclic) bond motifs is 1. The van der Waals surface area contributed by atoms with Crippen LogP contribution < -0.4 is 15.0 Å². The molecule has 1 aliphatic carbocycles. The molecule has 0 spiro atoms. The number of nitrogens with zero attached hydrogens (tertiary/aromatic N) is 6. The number of hydrogen-bond donors (Lipinski definition) is 1. The predicted octanol–water partition coefficient (Wildman–Crippen LogP) is 3.71. The minimum absolute atomic E-state index is 0.144. The number of anilines is 2. The maximum absolute atomic E-state index is 6.53. The first-order valence-electron chi connectivity index (χ1n) is 12.0. The van der Waals surface area contributed by atoms with Gasteiger partial charge < -0.3 is 24.1 Å². The number of rotatable bonds is 6. The van der Waals surface area contributed by atoms with Crippen LogP contribution in [0.1, 0.15) is 25.7 Å². The molecular formula is C25H27N7O3. The highest BCUT2D eigenvalue weighted by molar-refractivity contribution is 5.85. The molecule has 10 nitrogen and oxygen atoms in total. The van der Waals surface area contributed by atoms with Crippen molar-refractivity contribution >= 4 is 22.5 Å². The summed E-state index contributed by atoms with van der Waals surface area (Å²) in [5.41, 5.74) is 3.59. The van der Waals surface area contributed by atoms with Crippen LogP contribution in [0.2, 0.25) is 0 Å². The lowest BCUT2D eigenvalue weighted by molar-refractivity contribution is 0.122. The van der Waals surface area contributed by atoms with Gasteiger partial charge in [-0.3, -0.25) is 4.98 Å². The number of ether oxygens (including phenoxy) is 2. The van der Waals surface area contributed by atoms with Crippen LogP contribution in [0.4, 0.5) is 11.5 Å². The van der Waals surface area contributed by atoms with Crippen molar-refractivity contribution in [3.63, 3.8) is 0 Å². The molecule has 10 heteroatoms. The van der Waals surface area contributed by atoms with Crippen molar-refractivity contribution in [3.05, 3.63) is 49.2 Å². The van der Waals surface area contributed by atoms with E-state index < -0.39 is 0 Å². The fourth-order valence-corrected chi connectivity index (χ4v) is 4.74. The van der Waals surface area contributed by atoms with Crippen LogP contribution in [0.5, 0.6) is 5.75 Å². The van der Waals surface area contributed by atoms with Gasteiger partial charge in [-0.1, -0.05) is 0 Å². The van der Waals surface area contributed by atoms with E-state index in [1.165, 1.54) is 6.39 Å². The molecule has 1 aromatic carbocycles. The van der Waals surface area contributed by atoms with E-state index in [0.29, 0.717) is 11.9 Å². The summed E-state index contributed by atoms with van der Waals surface area (Å²) in [6, 6.07) is 8.45. The summed E-state index contributed by atoms with van der Waals surface area (Å²) in [5, 5.41) is 11.2. The second kappa shape index (κ2) is 9.83. The minimum atomic E-state index is 0.144. The molecule has 0 radical (unpaired) electrons. The number of benzene rings is 1. The lowest BCUT2D eigenvalue weighted by atomic mass is 9.93. The first kappa shape index (κ1) is 21.7. The van der Waals surface area contributed by atoms with Gasteiger partial charge in [-0.05, 0) is 43.9 Å². The Balaban J connectivity index is 1.10. The molecule has 0 atom stereocenters. The Kier molecular flexibility index (Phi) is 6.10. The quantitative estimate of drug-likeness (QED) is 0.445. The Morgan fingerprint density at radius 3 is 2.60 bits per heavy atom. The molecule has 35 heavy (non-hydrogen) atoms. The van der Waals surface area contributed by atoms with Crippen LogP contribution >= 0.6 is 0 Å². The molecular weight excluding hydrogens is 446 g/mol. The maximum atomic E-state index is 6.53. The third-order valence-electron chi connectivity index (χ3n) is 6.59. The molecule has 0 unspecified atom stereocenters. The van der Waals surface area contributed by atoms with Gasteiger partial charge in [-0.15, -0.1) is 10.2 Å². The van der Waals surface area contributed by atoms with Crippen LogP contribution in [0.3, 0.4) is 0 Å². The van der Waals surface area contributed by atoms with Gasteiger partial charge in [0.05, 0.1) is 30.4 Å². The van der Waals surface area contributed by atoms with E-state index in [1.54, 1.807) is 18.6 Å². The zero-order chi connectivity index (χ0) is 23.5. The van der Waals surface area contributed by atoms with Gasteiger partial charge in [0.1, 0.15) is 17.1 Å². The van der Waals surface area contributed by atoms with E-state index in [9.17, 15) is 0 Å². The predicted molar refractivity (Wildman–Crippen MR) is 130 cm³/mol. The largest absolute Gasteiger partial charge is 0.488 e. The highest BCUT2D eigenvalue weighted by Crippen LogP contribution is 2.33. The second-order valence-corrected chi connectivity index (χ2v) is 8.88. The lowest BCUT2D eigenvalue weighted by Gasteiger charge is -2.31. The van der Waals surface area contributed by atoms with E-state index in [1.807, 2.05) is 12.1 Å². The molecule has 0 bridgehead atoms.